The molecule has 0 unspecified atom stereocenters. The Hall–Kier alpha value is -2.12. The lowest BCUT2D eigenvalue weighted by Crippen LogP contribution is -2.26. The van der Waals surface area contributed by atoms with Gasteiger partial charge in [-0.3, -0.25) is 4.79 Å². The number of nitrogens with one attached hydrogen (secondary N) is 1. The summed E-state index contributed by atoms with van der Waals surface area (Å²) in [6, 6.07) is 7.94. The number of nitrogens with zero attached hydrogens (tertiary/aromatic N) is 1. The lowest BCUT2D eigenvalue weighted by atomic mass is 10.1. The molecule has 1 fully saturated rings. The Morgan fingerprint density at radius 3 is 2.35 bits per heavy atom. The number of hydrogen-bond donors (Lipinski definition) is 1. The van der Waals surface area contributed by atoms with Crippen LogP contribution in [-0.4, -0.2) is 42.1 Å². The summed E-state index contributed by atoms with van der Waals surface area (Å²) in [4.78, 5) is 15.6. The number of likely N-dealkylation sites (tertiary alicyclic amines) is 1. The summed E-state index contributed by atoms with van der Waals surface area (Å²) in [6.45, 7) is 10.3. The van der Waals surface area contributed by atoms with Gasteiger partial charge >= 0.3 is 0 Å². The van der Waals surface area contributed by atoms with E-state index in [1.807, 2.05) is 39.8 Å². The zero-order valence-corrected chi connectivity index (χ0v) is 20.9. The van der Waals surface area contributed by atoms with Crippen molar-refractivity contribution in [3.8, 4) is 11.5 Å². The molecule has 1 amide bonds. The first-order chi connectivity index (χ1) is 14.8. The second-order valence-corrected chi connectivity index (χ2v) is 9.07. The van der Waals surface area contributed by atoms with Crippen LogP contribution in [0.1, 0.15) is 42.0 Å². The average Bonchev–Trinajstić information content (AvgIpc) is 3.24. The number of amides is 1. The zero-order chi connectivity index (χ0) is 22.5. The molecule has 5 nitrogen and oxygen atoms in total. The van der Waals surface area contributed by atoms with Gasteiger partial charge in [0.1, 0.15) is 4.99 Å². The van der Waals surface area contributed by atoms with Crippen molar-refractivity contribution >= 4 is 44.7 Å². The number of thiocarbonyl (C=S) groups is 1. The van der Waals surface area contributed by atoms with Crippen LogP contribution in [0.15, 0.2) is 28.7 Å². The molecule has 0 aromatic heterocycles. The van der Waals surface area contributed by atoms with Crippen molar-refractivity contribution in [3.05, 3.63) is 51.0 Å². The Labute approximate surface area is 198 Å². The van der Waals surface area contributed by atoms with E-state index in [0.717, 1.165) is 53.3 Å². The predicted molar refractivity (Wildman–Crippen MR) is 133 cm³/mol. The number of aryl methyl sites for hydroxylation is 3. The molecule has 0 bridgehead atoms. The minimum atomic E-state index is -0.221. The van der Waals surface area contributed by atoms with Gasteiger partial charge < -0.3 is 19.7 Å². The van der Waals surface area contributed by atoms with Crippen LogP contribution in [0.2, 0.25) is 0 Å². The first kappa shape index (κ1) is 23.5. The summed E-state index contributed by atoms with van der Waals surface area (Å²) in [5, 5.41) is 2.97. The van der Waals surface area contributed by atoms with E-state index in [4.69, 9.17) is 21.7 Å². The molecule has 3 rings (SSSR count). The Kier molecular flexibility index (Phi) is 7.94. The van der Waals surface area contributed by atoms with E-state index in [0.29, 0.717) is 22.6 Å². The van der Waals surface area contributed by atoms with E-state index >= 15 is 0 Å². The van der Waals surface area contributed by atoms with Crippen LogP contribution in [0.3, 0.4) is 0 Å². The first-order valence-electron chi connectivity index (χ1n) is 10.6. The Morgan fingerprint density at radius 2 is 1.74 bits per heavy atom. The van der Waals surface area contributed by atoms with Crippen molar-refractivity contribution in [2.75, 3.05) is 31.6 Å². The molecular formula is C24H29BrN2O3S. The molecule has 0 radical (unpaired) electrons. The fourth-order valence-electron chi connectivity index (χ4n) is 3.89. The summed E-state index contributed by atoms with van der Waals surface area (Å²) in [6.07, 6.45) is 2.33. The number of halogens is 1. The smallest absolute Gasteiger partial charge is 0.262 e. The molecule has 166 valence electrons. The van der Waals surface area contributed by atoms with Crippen molar-refractivity contribution in [2.24, 2.45) is 0 Å². The lowest BCUT2D eigenvalue weighted by Gasteiger charge is -2.21. The molecular weight excluding hydrogens is 476 g/mol. The van der Waals surface area contributed by atoms with Gasteiger partial charge in [0.15, 0.2) is 18.1 Å². The van der Waals surface area contributed by atoms with E-state index < -0.39 is 0 Å². The maximum Gasteiger partial charge on any atom is 0.262 e. The molecule has 1 aliphatic rings. The van der Waals surface area contributed by atoms with Gasteiger partial charge in [0, 0.05) is 24.3 Å². The molecule has 0 atom stereocenters. The number of carbonyl (C=O) groups excluding carboxylic acids is 1. The minimum absolute atomic E-state index is 0.124. The quantitative estimate of drug-likeness (QED) is 0.500. The Bertz CT molecular complexity index is 964. The molecule has 1 saturated heterocycles. The average molecular weight is 505 g/mol. The van der Waals surface area contributed by atoms with Gasteiger partial charge in [-0.2, -0.15) is 0 Å². The number of rotatable bonds is 7. The number of hydrogen-bond acceptors (Lipinski definition) is 4. The zero-order valence-electron chi connectivity index (χ0n) is 18.5. The third-order valence-corrected chi connectivity index (χ3v) is 6.32. The Morgan fingerprint density at radius 1 is 1.10 bits per heavy atom. The predicted octanol–water partition coefficient (Wildman–Crippen LogP) is 5.56. The highest BCUT2D eigenvalue weighted by molar-refractivity contribution is 9.10. The van der Waals surface area contributed by atoms with E-state index in [9.17, 15) is 4.79 Å². The number of ether oxygens (including phenoxy) is 2. The summed E-state index contributed by atoms with van der Waals surface area (Å²) >= 11 is 9.26. The fourth-order valence-corrected chi connectivity index (χ4v) is 4.74. The van der Waals surface area contributed by atoms with Crippen molar-refractivity contribution in [1.82, 2.24) is 4.90 Å². The van der Waals surface area contributed by atoms with Crippen molar-refractivity contribution in [1.29, 1.82) is 0 Å². The molecule has 0 aliphatic carbocycles. The van der Waals surface area contributed by atoms with Crippen molar-refractivity contribution in [2.45, 2.75) is 40.5 Å². The fraction of sp³-hybridized carbons (Fsp3) is 0.417. The maximum absolute atomic E-state index is 12.6. The molecule has 1 aliphatic heterocycles. The molecule has 2 aromatic rings. The van der Waals surface area contributed by atoms with Gasteiger partial charge in [-0.25, -0.2) is 0 Å². The van der Waals surface area contributed by atoms with Gasteiger partial charge in [-0.05, 0) is 79.7 Å². The maximum atomic E-state index is 12.6. The lowest BCUT2D eigenvalue weighted by molar-refractivity contribution is -0.118. The molecule has 2 aromatic carbocycles. The molecule has 0 spiro atoms. The van der Waals surface area contributed by atoms with Crippen LogP contribution < -0.4 is 14.8 Å². The highest BCUT2D eigenvalue weighted by atomic mass is 79.9. The first-order valence-corrected chi connectivity index (χ1v) is 11.8. The number of anilines is 1. The molecule has 1 N–H and O–H groups in total. The molecule has 1 heterocycles. The number of carbonyl (C=O) groups is 1. The minimum Gasteiger partial charge on any atom is -0.490 e. The summed E-state index contributed by atoms with van der Waals surface area (Å²) in [5.74, 6) is 0.854. The van der Waals surface area contributed by atoms with Crippen LogP contribution in [0.4, 0.5) is 5.69 Å². The second-order valence-electron chi connectivity index (χ2n) is 7.83. The van der Waals surface area contributed by atoms with E-state index in [1.165, 1.54) is 5.56 Å². The van der Waals surface area contributed by atoms with E-state index in [-0.39, 0.29) is 12.5 Å². The van der Waals surface area contributed by atoms with Gasteiger partial charge in [0.05, 0.1) is 11.1 Å². The van der Waals surface area contributed by atoms with Gasteiger partial charge in [0.25, 0.3) is 5.91 Å². The third-order valence-electron chi connectivity index (χ3n) is 5.24. The van der Waals surface area contributed by atoms with Gasteiger partial charge in [-0.1, -0.05) is 29.9 Å². The van der Waals surface area contributed by atoms with Crippen molar-refractivity contribution < 1.29 is 14.3 Å². The summed E-state index contributed by atoms with van der Waals surface area (Å²) < 4.78 is 12.4. The molecule has 0 saturated carbocycles. The summed E-state index contributed by atoms with van der Waals surface area (Å²) in [7, 11) is 0. The SMILES string of the molecule is CCOc1cc(C(=S)N2CCCC2)cc(Br)c1OCC(=O)Nc1c(C)cc(C)cc1C. The highest BCUT2D eigenvalue weighted by Gasteiger charge is 2.20. The van der Waals surface area contributed by atoms with Crippen LogP contribution in [0, 0.1) is 20.8 Å². The normalized spacial score (nSPS) is 13.3. The second kappa shape index (κ2) is 10.5. The third kappa shape index (κ3) is 5.77. The monoisotopic (exact) mass is 504 g/mol. The van der Waals surface area contributed by atoms with Gasteiger partial charge in [-0.15, -0.1) is 0 Å². The van der Waals surface area contributed by atoms with Crippen LogP contribution in [0.25, 0.3) is 0 Å². The summed E-state index contributed by atoms with van der Waals surface area (Å²) in [5.41, 5.74) is 4.97. The number of benzene rings is 2. The largest absolute Gasteiger partial charge is 0.490 e. The highest BCUT2D eigenvalue weighted by Crippen LogP contribution is 2.37. The van der Waals surface area contributed by atoms with Crippen LogP contribution in [0.5, 0.6) is 11.5 Å². The van der Waals surface area contributed by atoms with Crippen LogP contribution >= 0.6 is 28.1 Å². The molecule has 31 heavy (non-hydrogen) atoms. The van der Waals surface area contributed by atoms with Crippen LogP contribution in [-0.2, 0) is 4.79 Å². The molecule has 7 heteroatoms. The van der Waals surface area contributed by atoms with E-state index in [2.05, 4.69) is 38.3 Å². The Balaban J connectivity index is 1.74. The van der Waals surface area contributed by atoms with Gasteiger partial charge in [0.2, 0.25) is 0 Å². The van der Waals surface area contributed by atoms with Crippen molar-refractivity contribution in [3.63, 3.8) is 0 Å². The topological polar surface area (TPSA) is 50.8 Å². The van der Waals surface area contributed by atoms with E-state index in [1.54, 1.807) is 0 Å². The standard InChI is InChI=1S/C24H29BrN2O3S/c1-5-29-20-13-18(24(31)27-8-6-7-9-27)12-19(25)23(20)30-14-21(28)26-22-16(3)10-15(2)11-17(22)4/h10-13H,5-9,14H2,1-4H3,(H,26,28).